The number of carbonyl (C=O) groups is 1. The number of hydrogen-bond donors (Lipinski definition) is 1. The van der Waals surface area contributed by atoms with Crippen molar-refractivity contribution in [3.8, 4) is 0 Å². The van der Waals surface area contributed by atoms with Crippen LogP contribution in [0.25, 0.3) is 0 Å². The molecule has 1 N–H and O–H groups in total. The number of amides is 1. The zero-order valence-electron chi connectivity index (χ0n) is 14.2. The van der Waals surface area contributed by atoms with E-state index in [1.54, 1.807) is 13.3 Å². The molecule has 0 fully saturated rings. The van der Waals surface area contributed by atoms with Gasteiger partial charge in [0, 0.05) is 13.1 Å². The average Bonchev–Trinajstić information content (AvgIpc) is 3.22. The topological polar surface area (TPSA) is 70.2 Å². The van der Waals surface area contributed by atoms with E-state index in [1.165, 1.54) is 5.56 Å². The van der Waals surface area contributed by atoms with E-state index < -0.39 is 0 Å². The van der Waals surface area contributed by atoms with E-state index in [-0.39, 0.29) is 5.91 Å². The van der Waals surface area contributed by atoms with E-state index in [9.17, 15) is 4.79 Å². The van der Waals surface area contributed by atoms with Gasteiger partial charge in [0.2, 0.25) is 5.88 Å². The summed E-state index contributed by atoms with van der Waals surface area (Å²) in [5.74, 6) is 1.72. The predicted molar refractivity (Wildman–Crippen MR) is 96.8 cm³/mol. The van der Waals surface area contributed by atoms with Gasteiger partial charge in [-0.25, -0.2) is 4.99 Å². The molecule has 3 heterocycles. The summed E-state index contributed by atoms with van der Waals surface area (Å²) in [6.45, 7) is 3.92. The van der Waals surface area contributed by atoms with Crippen molar-refractivity contribution in [3.63, 3.8) is 0 Å². The first kappa shape index (κ1) is 15.6. The van der Waals surface area contributed by atoms with Crippen LogP contribution in [-0.2, 0) is 6.42 Å². The average molecular weight is 336 g/mol. The smallest absolute Gasteiger partial charge is 0.255 e. The molecule has 1 aromatic carbocycles. The minimum Gasteiger partial charge on any atom is -0.442 e. The molecule has 0 aliphatic carbocycles. The quantitative estimate of drug-likeness (QED) is 0.854. The second-order valence-electron chi connectivity index (χ2n) is 6.20. The van der Waals surface area contributed by atoms with Gasteiger partial charge in [-0.1, -0.05) is 30.3 Å². The SMILES string of the molecule is Cc1oc2c(c1C(=O)NCCCc1ccccc1)C1=NCCN1C=N2. The van der Waals surface area contributed by atoms with Gasteiger partial charge in [-0.15, -0.1) is 0 Å². The molecule has 6 heteroatoms. The van der Waals surface area contributed by atoms with Crippen LogP contribution in [0, 0.1) is 6.92 Å². The number of nitrogens with one attached hydrogen (secondary N) is 1. The summed E-state index contributed by atoms with van der Waals surface area (Å²) in [4.78, 5) is 23.5. The molecule has 0 spiro atoms. The fourth-order valence-electron chi connectivity index (χ4n) is 3.25. The molecule has 0 saturated carbocycles. The molecule has 0 atom stereocenters. The van der Waals surface area contributed by atoms with E-state index in [0.29, 0.717) is 30.3 Å². The minimum atomic E-state index is -0.123. The fourth-order valence-corrected chi connectivity index (χ4v) is 3.25. The van der Waals surface area contributed by atoms with E-state index in [1.807, 2.05) is 23.1 Å². The van der Waals surface area contributed by atoms with Gasteiger partial charge < -0.3 is 14.6 Å². The summed E-state index contributed by atoms with van der Waals surface area (Å²) >= 11 is 0. The number of hydrogen-bond acceptors (Lipinski definition) is 5. The third-order valence-corrected chi connectivity index (χ3v) is 4.48. The first-order chi connectivity index (χ1) is 12.2. The highest BCUT2D eigenvalue weighted by Gasteiger charge is 2.33. The van der Waals surface area contributed by atoms with Crippen LogP contribution >= 0.6 is 0 Å². The van der Waals surface area contributed by atoms with E-state index in [0.717, 1.165) is 30.8 Å². The third-order valence-electron chi connectivity index (χ3n) is 4.48. The fraction of sp³-hybridized carbons (Fsp3) is 0.316. The lowest BCUT2D eigenvalue weighted by Crippen LogP contribution is -2.32. The van der Waals surface area contributed by atoms with Gasteiger partial charge in [0.15, 0.2) is 0 Å². The predicted octanol–water partition coefficient (Wildman–Crippen LogP) is 2.69. The highest BCUT2D eigenvalue weighted by atomic mass is 16.4. The standard InChI is InChI=1S/C19H20N4O2/c1-13-15(16-17-20-10-11-23(17)12-22-19(16)25-13)18(24)21-9-5-8-14-6-3-2-4-7-14/h2-4,6-7,12H,5,8-11H2,1H3,(H,21,24). The Balaban J connectivity index is 1.45. The number of rotatable bonds is 5. The third kappa shape index (κ3) is 2.95. The van der Waals surface area contributed by atoms with E-state index in [4.69, 9.17) is 4.42 Å². The first-order valence-corrected chi connectivity index (χ1v) is 8.55. The molecule has 0 radical (unpaired) electrons. The molecule has 2 aromatic rings. The minimum absolute atomic E-state index is 0.123. The summed E-state index contributed by atoms with van der Waals surface area (Å²) in [6.07, 6.45) is 3.55. The van der Waals surface area contributed by atoms with Crippen molar-refractivity contribution in [1.82, 2.24) is 10.2 Å². The Hall–Kier alpha value is -2.89. The van der Waals surface area contributed by atoms with Gasteiger partial charge in [0.05, 0.1) is 17.7 Å². The van der Waals surface area contributed by atoms with Crippen LogP contribution in [0.4, 0.5) is 5.88 Å². The Labute approximate surface area is 146 Å². The maximum absolute atomic E-state index is 12.7. The first-order valence-electron chi connectivity index (χ1n) is 8.55. The lowest BCUT2D eigenvalue weighted by Gasteiger charge is -2.18. The van der Waals surface area contributed by atoms with Gasteiger partial charge in [0.25, 0.3) is 5.91 Å². The molecule has 1 amide bonds. The molecule has 4 rings (SSSR count). The second-order valence-corrected chi connectivity index (χ2v) is 6.20. The van der Waals surface area contributed by atoms with Crippen molar-refractivity contribution in [2.45, 2.75) is 19.8 Å². The maximum Gasteiger partial charge on any atom is 0.255 e. The van der Waals surface area contributed by atoms with Gasteiger partial charge >= 0.3 is 0 Å². The normalized spacial score (nSPS) is 14.9. The summed E-state index contributed by atoms with van der Waals surface area (Å²) in [5.41, 5.74) is 2.55. The number of fused-ring (bicyclic) bond motifs is 3. The summed E-state index contributed by atoms with van der Waals surface area (Å²) in [7, 11) is 0. The van der Waals surface area contributed by atoms with Crippen LogP contribution in [0.15, 0.2) is 44.7 Å². The van der Waals surface area contributed by atoms with E-state index in [2.05, 4.69) is 27.4 Å². The Morgan fingerprint density at radius 3 is 3.00 bits per heavy atom. The van der Waals surface area contributed by atoms with Crippen LogP contribution in [0.1, 0.15) is 33.7 Å². The molecule has 2 aliphatic heterocycles. The zero-order chi connectivity index (χ0) is 17.2. The van der Waals surface area contributed by atoms with Crippen LogP contribution in [-0.4, -0.2) is 42.6 Å². The highest BCUT2D eigenvalue weighted by Crippen LogP contribution is 2.34. The number of aliphatic imine (C=N–C) groups is 2. The van der Waals surface area contributed by atoms with Crippen molar-refractivity contribution in [2.24, 2.45) is 9.98 Å². The summed E-state index contributed by atoms with van der Waals surface area (Å²) < 4.78 is 5.68. The molecular formula is C19H20N4O2. The van der Waals surface area contributed by atoms with Gasteiger partial charge in [-0.05, 0) is 25.3 Å². The molecular weight excluding hydrogens is 316 g/mol. The molecule has 2 aliphatic rings. The van der Waals surface area contributed by atoms with Crippen LogP contribution < -0.4 is 5.32 Å². The molecule has 0 unspecified atom stereocenters. The van der Waals surface area contributed by atoms with Crippen LogP contribution in [0.3, 0.4) is 0 Å². The molecule has 0 saturated heterocycles. The number of furan rings is 1. The highest BCUT2D eigenvalue weighted by molar-refractivity contribution is 6.17. The Bertz CT molecular complexity index is 852. The van der Waals surface area contributed by atoms with Crippen LogP contribution in [0.2, 0.25) is 0 Å². The lowest BCUT2D eigenvalue weighted by atomic mass is 10.1. The van der Waals surface area contributed by atoms with Crippen molar-refractivity contribution >= 4 is 24.0 Å². The molecule has 0 bridgehead atoms. The molecule has 25 heavy (non-hydrogen) atoms. The van der Waals surface area contributed by atoms with Gasteiger partial charge in [-0.3, -0.25) is 9.79 Å². The van der Waals surface area contributed by atoms with Gasteiger partial charge in [-0.2, -0.15) is 0 Å². The Kier molecular flexibility index (Phi) is 4.09. The number of benzene rings is 1. The molecule has 6 nitrogen and oxygen atoms in total. The second kappa shape index (κ2) is 6.55. The van der Waals surface area contributed by atoms with Crippen molar-refractivity contribution in [2.75, 3.05) is 19.6 Å². The van der Waals surface area contributed by atoms with Gasteiger partial charge in [0.1, 0.15) is 17.9 Å². The number of carbonyl (C=O) groups excluding carboxylic acids is 1. The number of aryl methyl sites for hydroxylation is 2. The summed E-state index contributed by atoms with van der Waals surface area (Å²) in [5, 5.41) is 3.00. The molecule has 1 aromatic heterocycles. The van der Waals surface area contributed by atoms with Crippen molar-refractivity contribution in [1.29, 1.82) is 0 Å². The van der Waals surface area contributed by atoms with Crippen molar-refractivity contribution < 1.29 is 9.21 Å². The number of nitrogens with zero attached hydrogens (tertiary/aromatic N) is 3. The number of amidine groups is 1. The molecule has 128 valence electrons. The van der Waals surface area contributed by atoms with Crippen LogP contribution in [0.5, 0.6) is 0 Å². The largest absolute Gasteiger partial charge is 0.442 e. The lowest BCUT2D eigenvalue weighted by molar-refractivity contribution is 0.0951. The Morgan fingerprint density at radius 2 is 2.16 bits per heavy atom. The van der Waals surface area contributed by atoms with E-state index >= 15 is 0 Å². The summed E-state index contributed by atoms with van der Waals surface area (Å²) in [6, 6.07) is 10.3. The maximum atomic E-state index is 12.7. The zero-order valence-corrected chi connectivity index (χ0v) is 14.2. The van der Waals surface area contributed by atoms with Crippen molar-refractivity contribution in [3.05, 3.63) is 52.8 Å². The Morgan fingerprint density at radius 1 is 1.32 bits per heavy atom. The monoisotopic (exact) mass is 336 g/mol.